The third-order valence-corrected chi connectivity index (χ3v) is 8.36. The van der Waals surface area contributed by atoms with E-state index < -0.39 is 29.1 Å². The summed E-state index contributed by atoms with van der Waals surface area (Å²) < 4.78 is 29.1. The number of aromatic nitrogens is 5. The molecule has 1 unspecified atom stereocenters. The molecule has 10 heteroatoms. The molecule has 198 valence electrons. The summed E-state index contributed by atoms with van der Waals surface area (Å²) in [5, 5.41) is 20.8. The molecule has 39 heavy (non-hydrogen) atoms. The number of aliphatic hydroxyl groups is 1. The van der Waals surface area contributed by atoms with E-state index >= 15 is 0 Å². The highest BCUT2D eigenvalue weighted by Crippen LogP contribution is 2.69. The maximum Gasteiger partial charge on any atom is 0.254 e. The summed E-state index contributed by atoms with van der Waals surface area (Å²) in [7, 11) is 0. The van der Waals surface area contributed by atoms with Crippen LogP contribution in [-0.4, -0.2) is 42.3 Å². The Morgan fingerprint density at radius 3 is 2.54 bits per heavy atom. The summed E-state index contributed by atoms with van der Waals surface area (Å²) in [6.45, 7) is 5.72. The van der Waals surface area contributed by atoms with Gasteiger partial charge in [-0.2, -0.15) is 5.10 Å². The number of carbonyl (C=O) groups excluding carboxylic acids is 1. The quantitative estimate of drug-likeness (QED) is 0.383. The van der Waals surface area contributed by atoms with Crippen LogP contribution in [0.3, 0.4) is 0 Å². The van der Waals surface area contributed by atoms with E-state index in [0.717, 1.165) is 29.8 Å². The molecule has 1 fully saturated rings. The van der Waals surface area contributed by atoms with Crippen molar-refractivity contribution in [2.24, 2.45) is 5.41 Å². The zero-order valence-electron chi connectivity index (χ0n) is 21.6. The Kier molecular flexibility index (Phi) is 5.76. The minimum atomic E-state index is -1.15. The zero-order chi connectivity index (χ0) is 27.5. The summed E-state index contributed by atoms with van der Waals surface area (Å²) >= 11 is 0. The van der Waals surface area contributed by atoms with Crippen LogP contribution in [0.15, 0.2) is 55.0 Å². The first kappa shape index (κ1) is 25.1. The van der Waals surface area contributed by atoms with Crippen LogP contribution in [0.4, 0.5) is 14.6 Å². The van der Waals surface area contributed by atoms with E-state index in [1.165, 1.54) is 25.1 Å². The second-order valence-electron chi connectivity index (χ2n) is 10.7. The molecule has 1 amide bonds. The zero-order valence-corrected chi connectivity index (χ0v) is 21.6. The van der Waals surface area contributed by atoms with Gasteiger partial charge in [-0.25, -0.2) is 18.7 Å². The largest absolute Gasteiger partial charge is 0.384 e. The van der Waals surface area contributed by atoms with Crippen LogP contribution in [0.1, 0.15) is 56.5 Å². The molecule has 2 N–H and O–H groups in total. The number of nitrogens with one attached hydrogen (secondary N) is 1. The van der Waals surface area contributed by atoms with Gasteiger partial charge in [-0.1, -0.05) is 19.9 Å². The highest BCUT2D eigenvalue weighted by Gasteiger charge is 2.65. The number of nitrogens with zero attached hydrogens (tertiary/aromatic N) is 5. The molecule has 0 saturated heterocycles. The molecule has 0 spiro atoms. The maximum absolute atomic E-state index is 14.5. The predicted molar refractivity (Wildman–Crippen MR) is 139 cm³/mol. The average Bonchev–Trinajstić information content (AvgIpc) is 3.30. The Labute approximate surface area is 223 Å². The normalized spacial score (nSPS) is 21.4. The van der Waals surface area contributed by atoms with Crippen molar-refractivity contribution >= 4 is 11.7 Å². The first-order valence-corrected chi connectivity index (χ1v) is 12.7. The SMILES string of the molecule is CC(O)C(=O)Nc1ccc(-c2cncc([C@@]34CC[C@@H](c5cc(-c6c(F)cccc6F)nnc53)C4(C)C)n2)cn1. The molecular formula is C29H26F2N6O2. The highest BCUT2D eigenvalue weighted by molar-refractivity contribution is 5.92. The van der Waals surface area contributed by atoms with Gasteiger partial charge in [-0.3, -0.25) is 9.78 Å². The summed E-state index contributed by atoms with van der Waals surface area (Å²) in [6.07, 6.45) is 5.50. The predicted octanol–water partition coefficient (Wildman–Crippen LogP) is 4.80. The van der Waals surface area contributed by atoms with Crippen LogP contribution in [0, 0.1) is 17.0 Å². The number of amides is 1. The number of pyridine rings is 1. The fraction of sp³-hybridized carbons (Fsp3) is 0.310. The van der Waals surface area contributed by atoms with Crippen molar-refractivity contribution < 1.29 is 18.7 Å². The van der Waals surface area contributed by atoms with E-state index in [0.29, 0.717) is 17.1 Å². The molecule has 4 aromatic rings. The molecule has 6 rings (SSSR count). The lowest BCUT2D eigenvalue weighted by molar-refractivity contribution is -0.123. The lowest BCUT2D eigenvalue weighted by Crippen LogP contribution is -2.38. The summed E-state index contributed by atoms with van der Waals surface area (Å²) in [5.41, 5.74) is 2.89. The van der Waals surface area contributed by atoms with Gasteiger partial charge < -0.3 is 10.4 Å². The van der Waals surface area contributed by atoms with Crippen LogP contribution in [0.5, 0.6) is 0 Å². The Bertz CT molecular complexity index is 1590. The number of rotatable bonds is 5. The maximum atomic E-state index is 14.5. The molecular weight excluding hydrogens is 502 g/mol. The van der Waals surface area contributed by atoms with E-state index in [4.69, 9.17) is 4.98 Å². The Morgan fingerprint density at radius 2 is 1.85 bits per heavy atom. The number of anilines is 1. The Hall–Kier alpha value is -4.18. The second-order valence-corrected chi connectivity index (χ2v) is 10.7. The minimum absolute atomic E-state index is 0.112. The first-order valence-electron chi connectivity index (χ1n) is 12.7. The fourth-order valence-corrected chi connectivity index (χ4v) is 6.32. The first-order chi connectivity index (χ1) is 18.6. The van der Waals surface area contributed by atoms with Gasteiger partial charge in [0.2, 0.25) is 0 Å². The van der Waals surface area contributed by atoms with Gasteiger partial charge in [0.05, 0.1) is 40.0 Å². The molecule has 0 aliphatic heterocycles. The van der Waals surface area contributed by atoms with Crippen molar-refractivity contribution in [1.82, 2.24) is 25.1 Å². The standard InChI is InChI=1S/C29H26F2N6O2/c1-15(38)27(39)35-24-8-7-16(12-33-24)22-13-32-14-23(34-22)29-10-9-18(28(29,2)3)17-11-21(36-37-26(17)29)25-19(30)5-4-6-20(25)31/h4-8,11-15,18,38H,9-10H2,1-3H3,(H,33,35,39)/t15?,18-,29-/m0/s1. The van der Waals surface area contributed by atoms with Crippen molar-refractivity contribution in [3.05, 3.63) is 83.6 Å². The number of hydrogen-bond acceptors (Lipinski definition) is 7. The molecule has 3 aromatic heterocycles. The van der Waals surface area contributed by atoms with Gasteiger partial charge in [0.1, 0.15) is 23.6 Å². The third kappa shape index (κ3) is 3.73. The molecule has 2 aliphatic carbocycles. The lowest BCUT2D eigenvalue weighted by atomic mass is 9.66. The van der Waals surface area contributed by atoms with Gasteiger partial charge >= 0.3 is 0 Å². The van der Waals surface area contributed by atoms with Crippen molar-refractivity contribution in [2.75, 3.05) is 5.32 Å². The van der Waals surface area contributed by atoms with E-state index in [-0.39, 0.29) is 22.6 Å². The Morgan fingerprint density at radius 1 is 1.08 bits per heavy atom. The van der Waals surface area contributed by atoms with Crippen LogP contribution < -0.4 is 5.32 Å². The van der Waals surface area contributed by atoms with E-state index in [1.54, 1.807) is 36.8 Å². The number of benzene rings is 1. The number of aliphatic hydroxyl groups excluding tert-OH is 1. The highest BCUT2D eigenvalue weighted by atomic mass is 19.1. The van der Waals surface area contributed by atoms with E-state index in [9.17, 15) is 18.7 Å². The topological polar surface area (TPSA) is 114 Å². The van der Waals surface area contributed by atoms with Gasteiger partial charge in [-0.05, 0) is 67.0 Å². The molecule has 1 saturated carbocycles. The van der Waals surface area contributed by atoms with Gasteiger partial charge in [0.25, 0.3) is 5.91 Å². The number of halogens is 2. The van der Waals surface area contributed by atoms with Crippen molar-refractivity contribution in [3.63, 3.8) is 0 Å². The molecule has 1 aromatic carbocycles. The molecule has 3 heterocycles. The molecule has 0 radical (unpaired) electrons. The summed E-state index contributed by atoms with van der Waals surface area (Å²) in [6, 6.07) is 8.95. The van der Waals surface area contributed by atoms with Crippen molar-refractivity contribution in [3.8, 4) is 22.5 Å². The van der Waals surface area contributed by atoms with Crippen LogP contribution in [0.2, 0.25) is 0 Å². The second kappa shape index (κ2) is 8.94. The molecule has 3 atom stereocenters. The van der Waals surface area contributed by atoms with Gasteiger partial charge in [-0.15, -0.1) is 5.10 Å². The van der Waals surface area contributed by atoms with Crippen molar-refractivity contribution in [1.29, 1.82) is 0 Å². The molecule has 2 bridgehead atoms. The average molecular weight is 529 g/mol. The van der Waals surface area contributed by atoms with E-state index in [2.05, 4.69) is 39.3 Å². The smallest absolute Gasteiger partial charge is 0.254 e. The molecule has 8 nitrogen and oxygen atoms in total. The minimum Gasteiger partial charge on any atom is -0.384 e. The van der Waals surface area contributed by atoms with Crippen LogP contribution in [-0.2, 0) is 10.2 Å². The number of hydrogen-bond donors (Lipinski definition) is 2. The Balaban J connectivity index is 1.40. The van der Waals surface area contributed by atoms with Crippen molar-refractivity contribution in [2.45, 2.75) is 51.0 Å². The number of carbonyl (C=O) groups is 1. The summed E-state index contributed by atoms with van der Waals surface area (Å²) in [5.74, 6) is -1.47. The fourth-order valence-electron chi connectivity index (χ4n) is 6.32. The summed E-state index contributed by atoms with van der Waals surface area (Å²) in [4.78, 5) is 25.5. The van der Waals surface area contributed by atoms with Crippen LogP contribution in [0.25, 0.3) is 22.5 Å². The monoisotopic (exact) mass is 528 g/mol. The third-order valence-electron chi connectivity index (χ3n) is 8.36. The van der Waals surface area contributed by atoms with Gasteiger partial charge in [0, 0.05) is 18.0 Å². The van der Waals surface area contributed by atoms with E-state index in [1.807, 2.05) is 0 Å². The van der Waals surface area contributed by atoms with Gasteiger partial charge in [0.15, 0.2) is 0 Å². The number of fused-ring (bicyclic) bond motifs is 5. The lowest BCUT2D eigenvalue weighted by Gasteiger charge is -2.37. The molecule has 2 aliphatic rings. The van der Waals surface area contributed by atoms with Crippen LogP contribution >= 0.6 is 0 Å².